The second-order valence-corrected chi connectivity index (χ2v) is 6.40. The SMILES string of the molecule is Cc1cc(C(=O)N2CCO[C@H]3[C@@H](Cn4cccn4)CC[C@@H]32)n[nH]1. The Kier molecular flexibility index (Phi) is 3.65. The van der Waals surface area contributed by atoms with Crippen LogP contribution < -0.4 is 0 Å². The summed E-state index contributed by atoms with van der Waals surface area (Å²) in [5.41, 5.74) is 1.40. The van der Waals surface area contributed by atoms with Gasteiger partial charge in [0.1, 0.15) is 5.69 Å². The van der Waals surface area contributed by atoms with Crippen LogP contribution in [0, 0.1) is 12.8 Å². The van der Waals surface area contributed by atoms with Gasteiger partial charge in [0, 0.05) is 37.1 Å². The van der Waals surface area contributed by atoms with Gasteiger partial charge in [-0.05, 0) is 31.9 Å². The first kappa shape index (κ1) is 14.4. The largest absolute Gasteiger partial charge is 0.374 e. The van der Waals surface area contributed by atoms with E-state index in [0.717, 1.165) is 25.1 Å². The van der Waals surface area contributed by atoms with Crippen LogP contribution in [0.5, 0.6) is 0 Å². The number of morpholine rings is 1. The maximum absolute atomic E-state index is 12.7. The number of H-pyrrole nitrogens is 1. The number of nitrogens with zero attached hydrogens (tertiary/aromatic N) is 4. The number of aryl methyl sites for hydroxylation is 1. The van der Waals surface area contributed by atoms with Gasteiger partial charge in [-0.15, -0.1) is 0 Å². The molecular weight excluding hydrogens is 294 g/mol. The highest BCUT2D eigenvalue weighted by Crippen LogP contribution is 2.36. The van der Waals surface area contributed by atoms with Crippen LogP contribution in [0.4, 0.5) is 0 Å². The Hall–Kier alpha value is -2.15. The molecule has 23 heavy (non-hydrogen) atoms. The van der Waals surface area contributed by atoms with Crippen molar-refractivity contribution in [2.24, 2.45) is 5.92 Å². The van der Waals surface area contributed by atoms with Gasteiger partial charge >= 0.3 is 0 Å². The van der Waals surface area contributed by atoms with E-state index in [1.165, 1.54) is 0 Å². The van der Waals surface area contributed by atoms with Gasteiger partial charge in [-0.25, -0.2) is 0 Å². The zero-order valence-electron chi connectivity index (χ0n) is 13.2. The van der Waals surface area contributed by atoms with E-state index in [-0.39, 0.29) is 18.1 Å². The van der Waals surface area contributed by atoms with Gasteiger partial charge < -0.3 is 9.64 Å². The number of aromatic amines is 1. The van der Waals surface area contributed by atoms with E-state index in [4.69, 9.17) is 4.74 Å². The number of amides is 1. The van der Waals surface area contributed by atoms with Crippen molar-refractivity contribution < 1.29 is 9.53 Å². The molecule has 0 unspecified atom stereocenters. The van der Waals surface area contributed by atoms with Gasteiger partial charge in [-0.1, -0.05) is 0 Å². The van der Waals surface area contributed by atoms with Crippen LogP contribution in [0.2, 0.25) is 0 Å². The first-order valence-electron chi connectivity index (χ1n) is 8.14. The molecule has 3 atom stereocenters. The summed E-state index contributed by atoms with van der Waals surface area (Å²) in [6.07, 6.45) is 5.90. The lowest BCUT2D eigenvalue weighted by atomic mass is 10.0. The minimum Gasteiger partial charge on any atom is -0.374 e. The smallest absolute Gasteiger partial charge is 0.274 e. The number of carbonyl (C=O) groups is 1. The molecule has 3 heterocycles. The number of fused-ring (bicyclic) bond motifs is 1. The summed E-state index contributed by atoms with van der Waals surface area (Å²) in [6.45, 7) is 3.98. The average Bonchev–Trinajstić information content (AvgIpc) is 3.28. The molecule has 0 aromatic carbocycles. The average molecular weight is 315 g/mol. The van der Waals surface area contributed by atoms with E-state index in [2.05, 4.69) is 15.3 Å². The van der Waals surface area contributed by atoms with Gasteiger partial charge in [-0.3, -0.25) is 14.6 Å². The highest BCUT2D eigenvalue weighted by molar-refractivity contribution is 5.92. The van der Waals surface area contributed by atoms with Gasteiger partial charge in [0.2, 0.25) is 0 Å². The fraction of sp³-hybridized carbons (Fsp3) is 0.562. The molecule has 1 aliphatic carbocycles. The molecule has 0 spiro atoms. The number of rotatable bonds is 3. The lowest BCUT2D eigenvalue weighted by molar-refractivity contribution is -0.0650. The zero-order chi connectivity index (χ0) is 15.8. The predicted molar refractivity (Wildman–Crippen MR) is 82.8 cm³/mol. The Labute approximate surface area is 134 Å². The molecule has 0 bridgehead atoms. The first-order valence-corrected chi connectivity index (χ1v) is 8.14. The summed E-state index contributed by atoms with van der Waals surface area (Å²) in [6, 6.07) is 3.89. The number of hydrogen-bond donors (Lipinski definition) is 1. The van der Waals surface area contributed by atoms with Crippen LogP contribution in [-0.2, 0) is 11.3 Å². The first-order chi connectivity index (χ1) is 11.2. The number of aromatic nitrogens is 4. The topological polar surface area (TPSA) is 76.0 Å². The molecule has 1 aliphatic heterocycles. The molecule has 1 amide bonds. The molecule has 2 aromatic rings. The summed E-state index contributed by atoms with van der Waals surface area (Å²) >= 11 is 0. The molecular formula is C16H21N5O2. The van der Waals surface area contributed by atoms with E-state index in [9.17, 15) is 4.79 Å². The van der Waals surface area contributed by atoms with Crippen LogP contribution >= 0.6 is 0 Å². The minimum absolute atomic E-state index is 0.00684. The Morgan fingerprint density at radius 3 is 3.13 bits per heavy atom. The van der Waals surface area contributed by atoms with Crippen LogP contribution in [0.1, 0.15) is 29.0 Å². The summed E-state index contributed by atoms with van der Waals surface area (Å²) in [5.74, 6) is 0.406. The Balaban J connectivity index is 1.50. The van der Waals surface area contributed by atoms with E-state index in [0.29, 0.717) is 24.8 Å². The van der Waals surface area contributed by atoms with Gasteiger partial charge in [0.25, 0.3) is 5.91 Å². The molecule has 7 heteroatoms. The molecule has 1 saturated heterocycles. The van der Waals surface area contributed by atoms with Crippen molar-refractivity contribution in [1.29, 1.82) is 0 Å². The van der Waals surface area contributed by atoms with Gasteiger partial charge in [0.15, 0.2) is 0 Å². The highest BCUT2D eigenvalue weighted by Gasteiger charge is 2.44. The van der Waals surface area contributed by atoms with Crippen molar-refractivity contribution >= 4 is 5.91 Å². The Bertz CT molecular complexity index is 680. The molecule has 1 N–H and O–H groups in total. The van der Waals surface area contributed by atoms with E-state index >= 15 is 0 Å². The van der Waals surface area contributed by atoms with Crippen molar-refractivity contribution in [3.63, 3.8) is 0 Å². The maximum atomic E-state index is 12.7. The molecule has 7 nitrogen and oxygen atoms in total. The quantitative estimate of drug-likeness (QED) is 0.924. The standard InChI is InChI=1S/C16H21N5O2/c1-11-9-13(19-18-11)16(22)21-7-8-23-15-12(3-4-14(15)21)10-20-6-2-5-17-20/h2,5-6,9,12,14-15H,3-4,7-8,10H2,1H3,(H,18,19)/t12-,14+,15+/m1/s1. The van der Waals surface area contributed by atoms with Crippen molar-refractivity contribution in [1.82, 2.24) is 24.9 Å². The van der Waals surface area contributed by atoms with Crippen molar-refractivity contribution in [3.8, 4) is 0 Å². The number of hydrogen-bond acceptors (Lipinski definition) is 4. The van der Waals surface area contributed by atoms with Crippen LogP contribution in [0.3, 0.4) is 0 Å². The molecule has 122 valence electrons. The molecule has 2 fully saturated rings. The van der Waals surface area contributed by atoms with Crippen LogP contribution in [0.15, 0.2) is 24.5 Å². The predicted octanol–water partition coefficient (Wildman–Crippen LogP) is 1.23. The fourth-order valence-electron chi connectivity index (χ4n) is 3.83. The van der Waals surface area contributed by atoms with Gasteiger partial charge in [-0.2, -0.15) is 10.2 Å². The van der Waals surface area contributed by atoms with Crippen LogP contribution in [-0.4, -0.2) is 56.1 Å². The third kappa shape index (κ3) is 2.65. The number of carbonyl (C=O) groups excluding carboxylic acids is 1. The zero-order valence-corrected chi connectivity index (χ0v) is 13.2. The summed E-state index contributed by atoms with van der Waals surface area (Å²) < 4.78 is 7.97. The van der Waals surface area contributed by atoms with E-state index in [1.807, 2.05) is 34.8 Å². The van der Waals surface area contributed by atoms with Crippen molar-refractivity contribution in [2.75, 3.05) is 13.2 Å². The maximum Gasteiger partial charge on any atom is 0.274 e. The second-order valence-electron chi connectivity index (χ2n) is 6.40. The molecule has 2 aliphatic rings. The van der Waals surface area contributed by atoms with Gasteiger partial charge in [0.05, 0.1) is 18.8 Å². The summed E-state index contributed by atoms with van der Waals surface area (Å²) in [7, 11) is 0. The molecule has 1 saturated carbocycles. The van der Waals surface area contributed by atoms with Crippen molar-refractivity contribution in [3.05, 3.63) is 35.9 Å². The highest BCUT2D eigenvalue weighted by atomic mass is 16.5. The Morgan fingerprint density at radius 2 is 2.39 bits per heavy atom. The molecule has 4 rings (SSSR count). The van der Waals surface area contributed by atoms with E-state index in [1.54, 1.807) is 6.20 Å². The minimum atomic E-state index is 0.00684. The lowest BCUT2D eigenvalue weighted by Crippen LogP contribution is -2.53. The van der Waals surface area contributed by atoms with Crippen molar-refractivity contribution in [2.45, 2.75) is 38.5 Å². The number of nitrogens with one attached hydrogen (secondary N) is 1. The van der Waals surface area contributed by atoms with E-state index < -0.39 is 0 Å². The lowest BCUT2D eigenvalue weighted by Gasteiger charge is -2.39. The number of ether oxygens (including phenoxy) is 1. The molecule has 0 radical (unpaired) electrons. The normalized spacial score (nSPS) is 27.2. The molecule has 2 aromatic heterocycles. The third-order valence-corrected chi connectivity index (χ3v) is 4.89. The second kappa shape index (κ2) is 5.81. The summed E-state index contributed by atoms with van der Waals surface area (Å²) in [4.78, 5) is 14.7. The monoisotopic (exact) mass is 315 g/mol. The third-order valence-electron chi connectivity index (χ3n) is 4.89. The Morgan fingerprint density at radius 1 is 1.48 bits per heavy atom. The summed E-state index contributed by atoms with van der Waals surface area (Å²) in [5, 5.41) is 11.2. The van der Waals surface area contributed by atoms with Crippen LogP contribution in [0.25, 0.3) is 0 Å². The fourth-order valence-corrected chi connectivity index (χ4v) is 3.83.